The number of amides is 1. The Balaban J connectivity index is 1.76. The zero-order valence-corrected chi connectivity index (χ0v) is 17.4. The monoisotopic (exact) mass is 462 g/mol. The van der Waals surface area contributed by atoms with Gasteiger partial charge in [-0.25, -0.2) is 0 Å². The minimum atomic E-state index is -4.47. The van der Waals surface area contributed by atoms with Gasteiger partial charge in [0.15, 0.2) is 0 Å². The number of morpholine rings is 1. The third kappa shape index (κ3) is 5.41. The zero-order chi connectivity index (χ0) is 20.1. The van der Waals surface area contributed by atoms with Crippen LogP contribution in [0, 0.1) is 5.92 Å². The summed E-state index contributed by atoms with van der Waals surface area (Å²) in [4.78, 5) is 14.3. The van der Waals surface area contributed by atoms with Crippen LogP contribution in [0.25, 0.3) is 0 Å². The fourth-order valence-corrected chi connectivity index (χ4v) is 4.83. The molecule has 0 atom stereocenters. The fourth-order valence-electron chi connectivity index (χ4n) is 4.00. The quantitative estimate of drug-likeness (QED) is 0.618. The molecule has 1 N–H and O–H groups in total. The standard InChI is InChI=1S/C20H26BrF3N2O2/c21-18-15(20(22,23)24)7-8-16(19(18)26-10-12-28-13-11-26)25-17(27)9-6-14-4-2-1-3-5-14/h7-8,14H,1-6,9-13H2,(H,25,27). The molecule has 2 fully saturated rings. The Bertz CT molecular complexity index is 685. The van der Waals surface area contributed by atoms with Crippen LogP contribution in [0.5, 0.6) is 0 Å². The summed E-state index contributed by atoms with van der Waals surface area (Å²) < 4.78 is 45.4. The summed E-state index contributed by atoms with van der Waals surface area (Å²) in [5, 5.41) is 2.85. The van der Waals surface area contributed by atoms with E-state index in [1.807, 2.05) is 4.90 Å². The maximum absolute atomic E-state index is 13.4. The molecule has 1 aliphatic heterocycles. The molecule has 1 aromatic carbocycles. The third-order valence-corrected chi connectivity index (χ3v) is 6.33. The number of nitrogens with zero attached hydrogens (tertiary/aromatic N) is 1. The van der Waals surface area contributed by atoms with E-state index in [0.717, 1.165) is 25.3 Å². The Morgan fingerprint density at radius 3 is 2.50 bits per heavy atom. The molecule has 8 heteroatoms. The molecule has 1 saturated carbocycles. The number of benzene rings is 1. The second-order valence-corrected chi connectivity index (χ2v) is 8.30. The van der Waals surface area contributed by atoms with Gasteiger partial charge in [-0.05, 0) is 40.4 Å². The van der Waals surface area contributed by atoms with Crippen molar-refractivity contribution in [3.63, 3.8) is 0 Å². The summed E-state index contributed by atoms with van der Waals surface area (Å²) >= 11 is 3.14. The molecular weight excluding hydrogens is 437 g/mol. The maximum atomic E-state index is 13.4. The van der Waals surface area contributed by atoms with Gasteiger partial charge in [-0.2, -0.15) is 13.2 Å². The van der Waals surface area contributed by atoms with Crippen molar-refractivity contribution in [3.05, 3.63) is 22.2 Å². The van der Waals surface area contributed by atoms with Crippen LogP contribution in [0.2, 0.25) is 0 Å². The number of hydrogen-bond donors (Lipinski definition) is 1. The number of hydrogen-bond acceptors (Lipinski definition) is 3. The second-order valence-electron chi connectivity index (χ2n) is 7.51. The average molecular weight is 463 g/mol. The molecule has 3 rings (SSSR count). The third-order valence-electron chi connectivity index (χ3n) is 5.53. The van der Waals surface area contributed by atoms with Crippen molar-refractivity contribution in [1.29, 1.82) is 0 Å². The van der Waals surface area contributed by atoms with Gasteiger partial charge in [0, 0.05) is 19.5 Å². The highest BCUT2D eigenvalue weighted by Gasteiger charge is 2.35. The molecule has 0 radical (unpaired) electrons. The highest BCUT2D eigenvalue weighted by atomic mass is 79.9. The molecule has 1 amide bonds. The number of alkyl halides is 3. The van der Waals surface area contributed by atoms with Gasteiger partial charge in [0.1, 0.15) is 0 Å². The number of nitrogens with one attached hydrogen (secondary N) is 1. The lowest BCUT2D eigenvalue weighted by Gasteiger charge is -2.32. The van der Waals surface area contributed by atoms with Crippen LogP contribution in [0.1, 0.15) is 50.5 Å². The summed E-state index contributed by atoms with van der Waals surface area (Å²) in [6, 6.07) is 2.38. The number of anilines is 2. The average Bonchev–Trinajstić information content (AvgIpc) is 2.67. The van der Waals surface area contributed by atoms with Gasteiger partial charge in [0.2, 0.25) is 5.91 Å². The van der Waals surface area contributed by atoms with Gasteiger partial charge < -0.3 is 15.0 Å². The molecule has 1 heterocycles. The fraction of sp³-hybridized carbons (Fsp3) is 0.650. The van der Waals surface area contributed by atoms with Crippen LogP contribution in [-0.4, -0.2) is 32.2 Å². The Labute approximate surface area is 171 Å². The predicted molar refractivity (Wildman–Crippen MR) is 107 cm³/mol. The lowest BCUT2D eigenvalue weighted by molar-refractivity contribution is -0.138. The van der Waals surface area contributed by atoms with Crippen LogP contribution in [0.15, 0.2) is 16.6 Å². The molecule has 4 nitrogen and oxygen atoms in total. The highest BCUT2D eigenvalue weighted by molar-refractivity contribution is 9.10. The van der Waals surface area contributed by atoms with Crippen molar-refractivity contribution in [2.24, 2.45) is 5.92 Å². The summed E-state index contributed by atoms with van der Waals surface area (Å²) in [6.45, 7) is 1.84. The molecular formula is C20H26BrF3N2O2. The van der Waals surface area contributed by atoms with Crippen LogP contribution in [0.4, 0.5) is 24.5 Å². The van der Waals surface area contributed by atoms with E-state index in [1.54, 1.807) is 0 Å². The molecule has 0 aromatic heterocycles. The predicted octanol–water partition coefficient (Wildman–Crippen LogP) is 5.60. The number of carbonyl (C=O) groups is 1. The van der Waals surface area contributed by atoms with Gasteiger partial charge in [0.05, 0.1) is 34.6 Å². The Morgan fingerprint density at radius 2 is 1.86 bits per heavy atom. The first-order chi connectivity index (χ1) is 13.4. The summed E-state index contributed by atoms with van der Waals surface area (Å²) in [7, 11) is 0. The van der Waals surface area contributed by atoms with Crippen LogP contribution in [-0.2, 0) is 15.7 Å². The number of carbonyl (C=O) groups excluding carboxylic acids is 1. The SMILES string of the molecule is O=C(CCC1CCCCC1)Nc1ccc(C(F)(F)F)c(Br)c1N1CCOCC1. The second kappa shape index (κ2) is 9.48. The van der Waals surface area contributed by atoms with Crippen molar-refractivity contribution in [1.82, 2.24) is 0 Å². The van der Waals surface area contributed by atoms with Crippen molar-refractivity contribution in [2.45, 2.75) is 51.1 Å². The van der Waals surface area contributed by atoms with Gasteiger partial charge >= 0.3 is 6.18 Å². The first-order valence-corrected chi connectivity index (χ1v) is 10.7. The van der Waals surface area contributed by atoms with Crippen LogP contribution < -0.4 is 10.2 Å². The highest BCUT2D eigenvalue weighted by Crippen LogP contribution is 2.44. The van der Waals surface area contributed by atoms with E-state index in [-0.39, 0.29) is 10.4 Å². The summed E-state index contributed by atoms with van der Waals surface area (Å²) in [5.41, 5.74) is 0.0498. The van der Waals surface area contributed by atoms with E-state index in [4.69, 9.17) is 4.74 Å². The lowest BCUT2D eigenvalue weighted by Crippen LogP contribution is -2.37. The summed E-state index contributed by atoms with van der Waals surface area (Å²) in [6.07, 6.45) is 2.80. The van der Waals surface area contributed by atoms with E-state index in [1.165, 1.54) is 25.3 Å². The minimum Gasteiger partial charge on any atom is -0.378 e. The topological polar surface area (TPSA) is 41.6 Å². The Hall–Kier alpha value is -1.28. The van der Waals surface area contributed by atoms with E-state index in [2.05, 4.69) is 21.2 Å². The molecule has 0 bridgehead atoms. The van der Waals surface area contributed by atoms with E-state index < -0.39 is 11.7 Å². The Kier molecular flexibility index (Phi) is 7.25. The van der Waals surface area contributed by atoms with Gasteiger partial charge in [-0.3, -0.25) is 4.79 Å². The number of rotatable bonds is 5. The summed E-state index contributed by atoms with van der Waals surface area (Å²) in [5.74, 6) is 0.435. The minimum absolute atomic E-state index is 0.0352. The smallest absolute Gasteiger partial charge is 0.378 e. The normalized spacial score (nSPS) is 18.9. The molecule has 1 aliphatic carbocycles. The van der Waals surface area contributed by atoms with E-state index in [0.29, 0.717) is 50.0 Å². The first kappa shape index (κ1) is 21.4. The molecule has 156 valence electrons. The van der Waals surface area contributed by atoms with Gasteiger partial charge in [0.25, 0.3) is 0 Å². The van der Waals surface area contributed by atoms with E-state index in [9.17, 15) is 18.0 Å². The van der Waals surface area contributed by atoms with Gasteiger partial charge in [-0.1, -0.05) is 32.1 Å². The molecule has 1 saturated heterocycles. The number of halogens is 4. The molecule has 2 aliphatic rings. The molecule has 0 unspecified atom stereocenters. The van der Waals surface area contributed by atoms with Gasteiger partial charge in [-0.15, -0.1) is 0 Å². The molecule has 28 heavy (non-hydrogen) atoms. The van der Waals surface area contributed by atoms with Crippen molar-refractivity contribution in [3.8, 4) is 0 Å². The first-order valence-electron chi connectivity index (χ1n) is 9.88. The van der Waals surface area contributed by atoms with Crippen molar-refractivity contribution >= 4 is 33.2 Å². The van der Waals surface area contributed by atoms with Crippen molar-refractivity contribution in [2.75, 3.05) is 36.5 Å². The molecule has 1 aromatic rings. The largest absolute Gasteiger partial charge is 0.417 e. The van der Waals surface area contributed by atoms with Crippen LogP contribution in [0.3, 0.4) is 0 Å². The zero-order valence-electron chi connectivity index (χ0n) is 15.8. The number of ether oxygens (including phenoxy) is 1. The Morgan fingerprint density at radius 1 is 1.18 bits per heavy atom. The lowest BCUT2D eigenvalue weighted by atomic mass is 9.86. The van der Waals surface area contributed by atoms with Crippen LogP contribution >= 0.6 is 15.9 Å². The van der Waals surface area contributed by atoms with Crippen molar-refractivity contribution < 1.29 is 22.7 Å². The molecule has 0 spiro atoms. The maximum Gasteiger partial charge on any atom is 0.417 e. The van der Waals surface area contributed by atoms with E-state index >= 15 is 0 Å².